The highest BCUT2D eigenvalue weighted by atomic mass is 16.3. The second-order valence-corrected chi connectivity index (χ2v) is 9.22. The van der Waals surface area contributed by atoms with E-state index in [1.54, 1.807) is 0 Å². The molecule has 8 aromatic rings. The van der Waals surface area contributed by atoms with Gasteiger partial charge >= 0.3 is 0 Å². The van der Waals surface area contributed by atoms with Crippen LogP contribution in [0.3, 0.4) is 0 Å². The lowest BCUT2D eigenvalue weighted by Crippen LogP contribution is -1.90. The smallest absolute Gasteiger partial charge is 0.135 e. The van der Waals surface area contributed by atoms with Gasteiger partial charge in [-0.3, -0.25) is 0 Å². The predicted octanol–water partition coefficient (Wildman–Crippen LogP) is 10.9. The Bertz CT molecular complexity index is 2680. The summed E-state index contributed by atoms with van der Waals surface area (Å²) in [6, 6.07) is 19.5. The van der Waals surface area contributed by atoms with Crippen LogP contribution in [0.1, 0.15) is 15.1 Å². The van der Waals surface area contributed by atoms with Gasteiger partial charge in [0.25, 0.3) is 0 Å². The molecule has 1 nitrogen and oxygen atoms in total. The third-order valence-electron chi connectivity index (χ3n) is 7.00. The minimum absolute atomic E-state index is 0.0453. The van der Waals surface area contributed by atoms with Crippen molar-refractivity contribution in [2.24, 2.45) is 0 Å². The van der Waals surface area contributed by atoms with Crippen molar-refractivity contribution >= 4 is 43.5 Å². The van der Waals surface area contributed by atoms with Gasteiger partial charge in [0.2, 0.25) is 0 Å². The molecule has 182 valence electrons. The van der Waals surface area contributed by atoms with Gasteiger partial charge in [0, 0.05) is 10.8 Å². The average Bonchev–Trinajstić information content (AvgIpc) is 3.54. The molecular formula is C38H24O. The zero-order valence-electron chi connectivity index (χ0n) is 31.4. The van der Waals surface area contributed by atoms with Gasteiger partial charge in [-0.15, -0.1) is 0 Å². The van der Waals surface area contributed by atoms with Gasteiger partial charge in [-0.05, 0) is 73.1 Å². The molecule has 0 aliphatic heterocycles. The molecule has 0 spiro atoms. The van der Waals surface area contributed by atoms with Crippen LogP contribution in [-0.4, -0.2) is 0 Å². The Kier molecular flexibility index (Phi) is 3.04. The summed E-state index contributed by atoms with van der Waals surface area (Å²) < 4.78 is 103. The monoisotopic (exact) mass is 507 g/mol. The quantitative estimate of drug-likeness (QED) is 0.217. The van der Waals surface area contributed by atoms with Crippen molar-refractivity contribution in [3.05, 3.63) is 145 Å². The van der Waals surface area contributed by atoms with Crippen molar-refractivity contribution in [3.63, 3.8) is 0 Å². The van der Waals surface area contributed by atoms with Crippen LogP contribution >= 0.6 is 0 Å². The van der Waals surface area contributed by atoms with E-state index in [1.165, 1.54) is 0 Å². The fourth-order valence-corrected chi connectivity index (χ4v) is 5.30. The van der Waals surface area contributed by atoms with Crippen LogP contribution < -0.4 is 0 Å². The maximum atomic E-state index is 9.32. The molecule has 0 atom stereocenters. The first-order valence-electron chi connectivity index (χ1n) is 18.0. The summed E-state index contributed by atoms with van der Waals surface area (Å²) in [4.78, 5) is 0. The van der Waals surface area contributed by atoms with Gasteiger partial charge in [-0.2, -0.15) is 0 Å². The lowest BCUT2D eigenvalue weighted by atomic mass is 9.86. The zero-order chi connectivity index (χ0) is 35.3. The number of furan rings is 1. The second-order valence-electron chi connectivity index (χ2n) is 9.22. The second kappa shape index (κ2) is 8.72. The van der Waals surface area contributed by atoms with E-state index in [0.29, 0.717) is 5.56 Å². The number of rotatable bonds is 3. The van der Waals surface area contributed by atoms with E-state index >= 15 is 0 Å². The van der Waals surface area contributed by atoms with Gasteiger partial charge in [-0.1, -0.05) is 127 Å². The normalized spacial score (nSPS) is 15.5. The van der Waals surface area contributed by atoms with Crippen molar-refractivity contribution in [3.8, 4) is 33.4 Å². The number of benzene rings is 7. The standard InChI is InChI=1S/C38H24O/c1-2-10-26(11-3-1)37-30-13-4-6-15-32(30)38(33-16-7-5-14-31(33)37)27-20-18-25(19-21-27)28-22-23-36-34(24-28)29-12-8-9-17-35(29)39-36/h1-24H/i8D,9D,12D,17D,18D,19D,20D,21D,22D,23D,24D. The Labute approximate surface area is 242 Å². The third-order valence-corrected chi connectivity index (χ3v) is 7.00. The van der Waals surface area contributed by atoms with Crippen molar-refractivity contribution in [1.82, 2.24) is 0 Å². The maximum absolute atomic E-state index is 9.32. The Morgan fingerprint density at radius 2 is 0.897 bits per heavy atom. The number of hydrogen-bond acceptors (Lipinski definition) is 1. The Morgan fingerprint density at radius 1 is 0.385 bits per heavy atom. The number of hydrogen-bond donors (Lipinski definition) is 0. The molecule has 39 heavy (non-hydrogen) atoms. The molecule has 0 bridgehead atoms. The summed E-state index contributed by atoms with van der Waals surface area (Å²) in [7, 11) is 0. The fraction of sp³-hybridized carbons (Fsp3) is 0. The molecule has 0 amide bonds. The summed E-state index contributed by atoms with van der Waals surface area (Å²) in [5, 5.41) is 2.82. The van der Waals surface area contributed by atoms with Crippen LogP contribution in [0.5, 0.6) is 0 Å². The molecule has 0 unspecified atom stereocenters. The van der Waals surface area contributed by atoms with Gasteiger partial charge in [-0.25, -0.2) is 0 Å². The number of para-hydroxylation sites is 1. The lowest BCUT2D eigenvalue weighted by Gasteiger charge is -2.18. The Balaban J connectivity index is 1.48. The van der Waals surface area contributed by atoms with Crippen LogP contribution in [0.4, 0.5) is 0 Å². The van der Waals surface area contributed by atoms with Crippen molar-refractivity contribution in [2.75, 3.05) is 0 Å². The van der Waals surface area contributed by atoms with Gasteiger partial charge in [0.15, 0.2) is 0 Å². The molecule has 0 radical (unpaired) electrons. The van der Waals surface area contributed by atoms with Gasteiger partial charge in [0.1, 0.15) is 11.2 Å². The van der Waals surface area contributed by atoms with Crippen LogP contribution in [0.25, 0.3) is 76.9 Å². The molecule has 1 heteroatoms. The molecular weight excluding hydrogens is 472 g/mol. The maximum Gasteiger partial charge on any atom is 0.135 e. The Hall–Kier alpha value is -5.14. The first-order valence-corrected chi connectivity index (χ1v) is 12.5. The van der Waals surface area contributed by atoms with Crippen LogP contribution in [0.2, 0.25) is 0 Å². The molecule has 0 aliphatic carbocycles. The summed E-state index contributed by atoms with van der Waals surface area (Å²) >= 11 is 0. The topological polar surface area (TPSA) is 13.1 Å². The minimum atomic E-state index is -0.589. The first-order chi connectivity index (χ1) is 24.0. The highest BCUT2D eigenvalue weighted by Gasteiger charge is 2.16. The van der Waals surface area contributed by atoms with E-state index < -0.39 is 66.5 Å². The van der Waals surface area contributed by atoms with E-state index in [-0.39, 0.29) is 38.6 Å². The molecule has 7 aromatic carbocycles. The Morgan fingerprint density at radius 3 is 1.56 bits per heavy atom. The summed E-state index contributed by atoms with van der Waals surface area (Å²) in [6.07, 6.45) is 0. The molecule has 0 saturated heterocycles. The summed E-state index contributed by atoms with van der Waals surface area (Å²) in [5.41, 5.74) is 1.19. The van der Waals surface area contributed by atoms with E-state index in [2.05, 4.69) is 0 Å². The first kappa shape index (κ1) is 13.6. The van der Waals surface area contributed by atoms with E-state index in [0.717, 1.165) is 32.7 Å². The highest BCUT2D eigenvalue weighted by molar-refractivity contribution is 6.21. The minimum Gasteiger partial charge on any atom is -0.456 e. The average molecular weight is 508 g/mol. The fourth-order valence-electron chi connectivity index (χ4n) is 5.30. The molecule has 1 aromatic heterocycles. The predicted molar refractivity (Wildman–Crippen MR) is 165 cm³/mol. The molecule has 0 fully saturated rings. The largest absolute Gasteiger partial charge is 0.456 e. The molecule has 1 heterocycles. The van der Waals surface area contributed by atoms with Crippen LogP contribution in [0, 0.1) is 0 Å². The van der Waals surface area contributed by atoms with E-state index in [9.17, 15) is 6.85 Å². The van der Waals surface area contributed by atoms with Crippen LogP contribution in [0.15, 0.2) is 150 Å². The molecule has 0 aliphatic rings. The van der Waals surface area contributed by atoms with Crippen molar-refractivity contribution in [2.45, 2.75) is 0 Å². The third kappa shape index (κ3) is 3.48. The summed E-state index contributed by atoms with van der Waals surface area (Å²) in [5.74, 6) is 0. The molecule has 0 saturated carbocycles. The van der Waals surface area contributed by atoms with Crippen molar-refractivity contribution < 1.29 is 19.5 Å². The molecule has 8 rings (SSSR count). The van der Waals surface area contributed by atoms with E-state index in [4.69, 9.17) is 12.6 Å². The lowest BCUT2D eigenvalue weighted by molar-refractivity contribution is 0.669. The summed E-state index contributed by atoms with van der Waals surface area (Å²) in [6.45, 7) is 0. The van der Waals surface area contributed by atoms with Gasteiger partial charge < -0.3 is 4.42 Å². The van der Waals surface area contributed by atoms with Crippen molar-refractivity contribution in [1.29, 1.82) is 0 Å². The number of fused-ring (bicyclic) bond motifs is 5. The van der Waals surface area contributed by atoms with E-state index in [1.807, 2.05) is 78.9 Å². The van der Waals surface area contributed by atoms with Gasteiger partial charge in [0.05, 0.1) is 15.1 Å². The SMILES string of the molecule is [2H]c1c([2H])c(-c2c3ccccc3c(-c3ccccc3)c3ccccc23)c([2H])c([2H])c1-c1c([2H])c([2H])c2oc3c([2H])c([2H])c([2H])c([2H])c3c2c1[2H]. The highest BCUT2D eigenvalue weighted by Crippen LogP contribution is 2.44. The molecule has 0 N–H and O–H groups in total. The van der Waals surface area contributed by atoms with Crippen LogP contribution in [-0.2, 0) is 0 Å². The zero-order valence-corrected chi connectivity index (χ0v) is 20.4.